The van der Waals surface area contributed by atoms with Gasteiger partial charge in [-0.15, -0.1) is 0 Å². The van der Waals surface area contributed by atoms with Crippen molar-refractivity contribution >= 4 is 28.1 Å². The third-order valence-corrected chi connectivity index (χ3v) is 4.34. The molecule has 0 bridgehead atoms. The predicted molar refractivity (Wildman–Crippen MR) is 74.6 cm³/mol. The summed E-state index contributed by atoms with van der Waals surface area (Å²) in [7, 11) is 4.30. The Morgan fingerprint density at radius 2 is 2.24 bits per heavy atom. The summed E-state index contributed by atoms with van der Waals surface area (Å²) in [6, 6.07) is 0.289. The van der Waals surface area contributed by atoms with E-state index in [-0.39, 0.29) is 6.04 Å². The summed E-state index contributed by atoms with van der Waals surface area (Å²) in [5, 5.41) is 0. The molecule has 1 aliphatic heterocycles. The highest BCUT2D eigenvalue weighted by molar-refractivity contribution is 9.10. The van der Waals surface area contributed by atoms with Crippen LogP contribution in [0.25, 0.3) is 0 Å². The monoisotopic (exact) mass is 316 g/mol. The quantitative estimate of drug-likeness (QED) is 0.806. The molecule has 94 valence electrons. The highest BCUT2D eigenvalue weighted by atomic mass is 79.9. The van der Waals surface area contributed by atoms with Crippen LogP contribution in [0, 0.1) is 4.64 Å². The molecule has 4 nitrogen and oxygen atoms in total. The highest BCUT2D eigenvalue weighted by Gasteiger charge is 2.23. The second-order valence-corrected chi connectivity index (χ2v) is 5.82. The Hall–Kier alpha value is -0.300. The van der Waals surface area contributed by atoms with Gasteiger partial charge in [-0.2, -0.15) is 0 Å². The molecular formula is C11H17BrN4S. The van der Waals surface area contributed by atoms with E-state index in [4.69, 9.17) is 12.2 Å². The number of H-pyrrole nitrogens is 1. The van der Waals surface area contributed by atoms with Crippen LogP contribution in [0.15, 0.2) is 10.7 Å². The fourth-order valence-corrected chi connectivity index (χ4v) is 2.49. The largest absolute Gasteiger partial charge is 0.332 e. The maximum absolute atomic E-state index is 5.24. The Bertz CT molecular complexity index is 447. The van der Waals surface area contributed by atoms with Gasteiger partial charge >= 0.3 is 0 Å². The van der Waals surface area contributed by atoms with E-state index in [0.29, 0.717) is 0 Å². The Kier molecular flexibility index (Phi) is 4.30. The summed E-state index contributed by atoms with van der Waals surface area (Å²) in [5.74, 6) is 0.953. The van der Waals surface area contributed by atoms with Crippen molar-refractivity contribution in [3.63, 3.8) is 0 Å². The minimum Gasteiger partial charge on any atom is -0.332 e. The van der Waals surface area contributed by atoms with Gasteiger partial charge in [0, 0.05) is 12.7 Å². The van der Waals surface area contributed by atoms with E-state index in [0.717, 1.165) is 34.6 Å². The van der Waals surface area contributed by atoms with Crippen LogP contribution in [0.3, 0.4) is 0 Å². The molecule has 0 aliphatic carbocycles. The average molecular weight is 317 g/mol. The second-order valence-electron chi connectivity index (χ2n) is 4.56. The molecule has 1 unspecified atom stereocenters. The number of nitrogens with one attached hydrogen (secondary N) is 1. The Labute approximate surface area is 115 Å². The number of hydrogen-bond donors (Lipinski definition) is 1. The van der Waals surface area contributed by atoms with Gasteiger partial charge in [0.25, 0.3) is 0 Å². The van der Waals surface area contributed by atoms with Crippen LogP contribution in [-0.2, 0) is 0 Å². The molecule has 17 heavy (non-hydrogen) atoms. The zero-order valence-corrected chi connectivity index (χ0v) is 12.5. The molecule has 1 aliphatic rings. The molecule has 0 amide bonds. The molecule has 0 saturated carbocycles. The molecule has 0 radical (unpaired) electrons. The van der Waals surface area contributed by atoms with E-state index in [1.807, 2.05) is 0 Å². The van der Waals surface area contributed by atoms with Crippen LogP contribution in [0.2, 0.25) is 0 Å². The van der Waals surface area contributed by atoms with Crippen molar-refractivity contribution in [2.24, 2.45) is 0 Å². The normalized spacial score (nSPS) is 23.6. The molecule has 0 aromatic carbocycles. The average Bonchev–Trinajstić information content (AvgIpc) is 2.45. The summed E-state index contributed by atoms with van der Waals surface area (Å²) < 4.78 is 1.57. The molecule has 1 aromatic rings. The van der Waals surface area contributed by atoms with Gasteiger partial charge in [0.05, 0.1) is 10.5 Å². The number of halogens is 1. The molecule has 1 fully saturated rings. The lowest BCUT2D eigenvalue weighted by atomic mass is 10.2. The number of rotatable bonds is 1. The van der Waals surface area contributed by atoms with Crippen LogP contribution in [0.4, 0.5) is 0 Å². The Balaban J connectivity index is 2.29. The van der Waals surface area contributed by atoms with Gasteiger partial charge in [-0.1, -0.05) is 12.2 Å². The smallest absolute Gasteiger partial charge is 0.125 e. The molecule has 0 spiro atoms. The van der Waals surface area contributed by atoms with Gasteiger partial charge in [-0.05, 0) is 49.5 Å². The first kappa shape index (κ1) is 13.1. The first-order valence-electron chi connectivity index (χ1n) is 5.71. The Morgan fingerprint density at radius 1 is 1.47 bits per heavy atom. The van der Waals surface area contributed by atoms with Crippen molar-refractivity contribution in [2.45, 2.75) is 12.5 Å². The number of nitrogens with zero attached hydrogens (tertiary/aromatic N) is 3. The third kappa shape index (κ3) is 3.13. The predicted octanol–water partition coefficient (Wildman–Crippen LogP) is 2.21. The molecule has 1 saturated heterocycles. The van der Waals surface area contributed by atoms with Gasteiger partial charge < -0.3 is 9.88 Å². The van der Waals surface area contributed by atoms with Crippen LogP contribution >= 0.6 is 28.1 Å². The van der Waals surface area contributed by atoms with E-state index in [9.17, 15) is 0 Å². The van der Waals surface area contributed by atoms with Gasteiger partial charge in [-0.25, -0.2) is 4.98 Å². The van der Waals surface area contributed by atoms with E-state index in [1.54, 1.807) is 6.20 Å². The maximum Gasteiger partial charge on any atom is 0.125 e. The SMILES string of the molecule is CN1CCCN(C)C(c2ncc(Br)c(=S)[nH]2)C1. The lowest BCUT2D eigenvalue weighted by Crippen LogP contribution is -2.31. The molecule has 1 aromatic heterocycles. The van der Waals surface area contributed by atoms with Gasteiger partial charge in [0.2, 0.25) is 0 Å². The van der Waals surface area contributed by atoms with Crippen LogP contribution in [0.5, 0.6) is 0 Å². The lowest BCUT2D eigenvalue weighted by Gasteiger charge is -2.26. The maximum atomic E-state index is 5.24. The van der Waals surface area contributed by atoms with Crippen LogP contribution < -0.4 is 0 Å². The topological polar surface area (TPSA) is 35.2 Å². The van der Waals surface area contributed by atoms with E-state index < -0.39 is 0 Å². The Morgan fingerprint density at radius 3 is 2.94 bits per heavy atom. The van der Waals surface area contributed by atoms with Crippen molar-refractivity contribution in [1.29, 1.82) is 0 Å². The zero-order valence-electron chi connectivity index (χ0n) is 10.1. The molecule has 1 atom stereocenters. The number of likely N-dealkylation sites (N-methyl/N-ethyl adjacent to an activating group) is 2. The summed E-state index contributed by atoms with van der Waals surface area (Å²) in [6.07, 6.45) is 2.98. The number of aromatic amines is 1. The molecule has 1 N–H and O–H groups in total. The molecular weight excluding hydrogens is 300 g/mol. The standard InChI is InChI=1S/C11H17BrN4S/c1-15-4-3-5-16(2)9(7-15)10-13-6-8(12)11(17)14-10/h6,9H,3-5,7H2,1-2H3,(H,13,14,17). The lowest BCUT2D eigenvalue weighted by molar-refractivity contribution is 0.219. The van der Waals surface area contributed by atoms with E-state index in [1.165, 1.54) is 6.42 Å². The molecule has 2 rings (SSSR count). The minimum atomic E-state index is 0.289. The van der Waals surface area contributed by atoms with E-state index >= 15 is 0 Å². The van der Waals surface area contributed by atoms with Crippen LogP contribution in [-0.4, -0.2) is 53.5 Å². The fraction of sp³-hybridized carbons (Fsp3) is 0.636. The minimum absolute atomic E-state index is 0.289. The first-order chi connectivity index (χ1) is 8.08. The van der Waals surface area contributed by atoms with Gasteiger partial charge in [-0.3, -0.25) is 4.90 Å². The zero-order chi connectivity index (χ0) is 12.4. The van der Waals surface area contributed by atoms with Gasteiger partial charge in [0.1, 0.15) is 10.5 Å². The second kappa shape index (κ2) is 5.56. The fourth-order valence-electron chi connectivity index (χ4n) is 2.13. The van der Waals surface area contributed by atoms with Crippen molar-refractivity contribution in [1.82, 2.24) is 19.8 Å². The van der Waals surface area contributed by atoms with E-state index in [2.05, 4.69) is 49.8 Å². The first-order valence-corrected chi connectivity index (χ1v) is 6.91. The molecule has 2 heterocycles. The molecule has 6 heteroatoms. The van der Waals surface area contributed by atoms with Crippen molar-refractivity contribution in [3.8, 4) is 0 Å². The number of hydrogen-bond acceptors (Lipinski definition) is 4. The summed E-state index contributed by atoms with van der Waals surface area (Å²) in [5.41, 5.74) is 0. The van der Waals surface area contributed by atoms with Crippen LogP contribution in [0.1, 0.15) is 18.3 Å². The summed E-state index contributed by atoms with van der Waals surface area (Å²) in [6.45, 7) is 3.21. The van der Waals surface area contributed by atoms with Crippen molar-refractivity contribution in [2.75, 3.05) is 33.7 Å². The number of aromatic nitrogens is 2. The van der Waals surface area contributed by atoms with Gasteiger partial charge in [0.15, 0.2) is 0 Å². The summed E-state index contributed by atoms with van der Waals surface area (Å²) in [4.78, 5) is 12.3. The van der Waals surface area contributed by atoms with Crippen molar-refractivity contribution < 1.29 is 0 Å². The van der Waals surface area contributed by atoms with Crippen molar-refractivity contribution in [3.05, 3.63) is 21.1 Å². The highest BCUT2D eigenvalue weighted by Crippen LogP contribution is 2.21. The summed E-state index contributed by atoms with van der Waals surface area (Å²) >= 11 is 8.61. The third-order valence-electron chi connectivity index (χ3n) is 3.16.